The Bertz CT molecular complexity index is 367. The van der Waals surface area contributed by atoms with Gasteiger partial charge in [-0.1, -0.05) is 30.3 Å². The van der Waals surface area contributed by atoms with Crippen LogP contribution in [-0.4, -0.2) is 18.6 Å². The van der Waals surface area contributed by atoms with E-state index in [0.29, 0.717) is 0 Å². The summed E-state index contributed by atoms with van der Waals surface area (Å²) in [5.41, 5.74) is 7.84. The monoisotopic (exact) mass is 238 g/mol. The van der Waals surface area contributed by atoms with Crippen LogP contribution in [0.15, 0.2) is 30.3 Å². The first-order chi connectivity index (χ1) is 8.22. The molecule has 0 spiro atoms. The maximum absolute atomic E-state index is 11.1. The first kappa shape index (κ1) is 13.0. The van der Waals surface area contributed by atoms with Crippen molar-refractivity contribution in [3.63, 3.8) is 0 Å². The van der Waals surface area contributed by atoms with Crippen LogP contribution in [0, 0.1) is 0 Å². The van der Waals surface area contributed by atoms with E-state index < -0.39 is 12.1 Å². The Hall–Kier alpha value is -2.08. The Morgan fingerprint density at radius 3 is 2.59 bits per heavy atom. The fourth-order valence-electron chi connectivity index (χ4n) is 1.02. The van der Waals surface area contributed by atoms with Gasteiger partial charge >= 0.3 is 12.1 Å². The molecule has 0 heterocycles. The Kier molecular flexibility index (Phi) is 5.53. The zero-order valence-electron chi connectivity index (χ0n) is 9.22. The predicted octanol–water partition coefficient (Wildman–Crippen LogP) is 0.720. The Morgan fingerprint density at radius 2 is 1.94 bits per heavy atom. The molecule has 1 aromatic carbocycles. The number of rotatable bonds is 4. The number of hydrogen-bond donors (Lipinski definition) is 2. The van der Waals surface area contributed by atoms with E-state index in [2.05, 4.69) is 4.84 Å². The lowest BCUT2D eigenvalue weighted by Gasteiger charge is -2.06. The second-order valence-electron chi connectivity index (χ2n) is 3.18. The van der Waals surface area contributed by atoms with E-state index in [9.17, 15) is 9.59 Å². The summed E-state index contributed by atoms with van der Waals surface area (Å²) in [6.07, 6.45) is -0.780. The van der Waals surface area contributed by atoms with Crippen molar-refractivity contribution in [3.8, 4) is 0 Å². The van der Waals surface area contributed by atoms with Crippen LogP contribution >= 0.6 is 0 Å². The molecule has 0 unspecified atom stereocenters. The number of carbonyl (C=O) groups excluding carboxylic acids is 2. The van der Waals surface area contributed by atoms with Gasteiger partial charge in [0.05, 0.1) is 6.42 Å². The summed E-state index contributed by atoms with van der Waals surface area (Å²) < 4.78 is 4.80. The molecule has 0 bridgehead atoms. The maximum atomic E-state index is 11.1. The predicted molar refractivity (Wildman–Crippen MR) is 59.5 cm³/mol. The van der Waals surface area contributed by atoms with Gasteiger partial charge in [0.2, 0.25) is 0 Å². The molecule has 0 aliphatic heterocycles. The first-order valence-corrected chi connectivity index (χ1v) is 5.09. The van der Waals surface area contributed by atoms with E-state index >= 15 is 0 Å². The lowest BCUT2D eigenvalue weighted by atomic mass is 10.2. The molecule has 0 fully saturated rings. The summed E-state index contributed by atoms with van der Waals surface area (Å²) in [4.78, 5) is 26.3. The number of benzene rings is 1. The van der Waals surface area contributed by atoms with Gasteiger partial charge in [-0.25, -0.2) is 9.59 Å². The van der Waals surface area contributed by atoms with Crippen molar-refractivity contribution in [2.45, 2.75) is 13.0 Å². The van der Waals surface area contributed by atoms with E-state index in [1.54, 1.807) is 0 Å². The molecule has 1 aromatic rings. The van der Waals surface area contributed by atoms with Crippen molar-refractivity contribution in [1.29, 1.82) is 0 Å². The summed E-state index contributed by atoms with van der Waals surface area (Å²) >= 11 is 0. The summed E-state index contributed by atoms with van der Waals surface area (Å²) in [6.45, 7) is 0.278. The Balaban J connectivity index is 2.20. The van der Waals surface area contributed by atoms with E-state index in [-0.39, 0.29) is 19.6 Å². The standard InChI is InChI=1S/C11H14N2O4/c12-7-6-10(14)17-13-11(15)16-8-9-4-2-1-3-5-9/h1-5H,6-8,12H2,(H,13,15). The number of hydrogen-bond acceptors (Lipinski definition) is 5. The minimum atomic E-state index is -0.820. The zero-order valence-corrected chi connectivity index (χ0v) is 9.22. The van der Waals surface area contributed by atoms with Gasteiger partial charge in [0.1, 0.15) is 6.61 Å². The minimum Gasteiger partial charge on any atom is -0.443 e. The van der Waals surface area contributed by atoms with Crippen molar-refractivity contribution in [2.75, 3.05) is 6.54 Å². The van der Waals surface area contributed by atoms with Crippen molar-refractivity contribution in [2.24, 2.45) is 5.73 Å². The molecule has 92 valence electrons. The Morgan fingerprint density at radius 1 is 1.24 bits per heavy atom. The highest BCUT2D eigenvalue weighted by Crippen LogP contribution is 2.00. The van der Waals surface area contributed by atoms with Gasteiger partial charge in [-0.3, -0.25) is 0 Å². The average molecular weight is 238 g/mol. The van der Waals surface area contributed by atoms with Gasteiger partial charge in [0.25, 0.3) is 0 Å². The number of amides is 1. The highest BCUT2D eigenvalue weighted by molar-refractivity contribution is 5.73. The van der Waals surface area contributed by atoms with Crippen molar-refractivity contribution >= 4 is 12.1 Å². The smallest absolute Gasteiger partial charge is 0.441 e. The van der Waals surface area contributed by atoms with E-state index in [1.807, 2.05) is 35.8 Å². The molecule has 0 saturated carbocycles. The van der Waals surface area contributed by atoms with Crippen LogP contribution in [0.5, 0.6) is 0 Å². The molecule has 1 rings (SSSR count). The third kappa shape index (κ3) is 5.53. The molecule has 0 aliphatic carbocycles. The quantitative estimate of drug-likeness (QED) is 0.754. The summed E-state index contributed by atoms with van der Waals surface area (Å²) in [7, 11) is 0. The second-order valence-corrected chi connectivity index (χ2v) is 3.18. The molecule has 0 saturated heterocycles. The average Bonchev–Trinajstić information content (AvgIpc) is 2.35. The lowest BCUT2D eigenvalue weighted by Crippen LogP contribution is -2.28. The van der Waals surface area contributed by atoms with Gasteiger partial charge in [-0.05, 0) is 5.56 Å². The van der Waals surface area contributed by atoms with Crippen LogP contribution in [0.25, 0.3) is 0 Å². The zero-order chi connectivity index (χ0) is 12.5. The molecule has 6 nitrogen and oxygen atoms in total. The fraction of sp³-hybridized carbons (Fsp3) is 0.273. The van der Waals surface area contributed by atoms with Gasteiger partial charge in [0.15, 0.2) is 0 Å². The topological polar surface area (TPSA) is 90.7 Å². The normalized spacial score (nSPS) is 9.47. The summed E-state index contributed by atoms with van der Waals surface area (Å²) in [6, 6.07) is 9.15. The molecule has 0 aromatic heterocycles. The number of carbonyl (C=O) groups is 2. The molecule has 0 atom stereocenters. The highest BCUT2D eigenvalue weighted by Gasteiger charge is 2.06. The highest BCUT2D eigenvalue weighted by atomic mass is 16.7. The molecular formula is C11H14N2O4. The number of hydroxylamine groups is 1. The Labute approximate surface area is 98.7 Å². The van der Waals surface area contributed by atoms with Crippen molar-refractivity contribution in [1.82, 2.24) is 5.48 Å². The van der Waals surface area contributed by atoms with Crippen LogP contribution in [-0.2, 0) is 21.0 Å². The SMILES string of the molecule is NCCC(=O)ONC(=O)OCc1ccccc1. The lowest BCUT2D eigenvalue weighted by molar-refractivity contribution is -0.149. The van der Waals surface area contributed by atoms with E-state index in [4.69, 9.17) is 10.5 Å². The van der Waals surface area contributed by atoms with Gasteiger partial charge in [0, 0.05) is 6.54 Å². The third-order valence-corrected chi connectivity index (χ3v) is 1.81. The van der Waals surface area contributed by atoms with E-state index in [0.717, 1.165) is 5.56 Å². The van der Waals surface area contributed by atoms with Crippen molar-refractivity contribution in [3.05, 3.63) is 35.9 Å². The second kappa shape index (κ2) is 7.24. The van der Waals surface area contributed by atoms with Gasteiger partial charge in [-0.15, -0.1) is 5.48 Å². The maximum Gasteiger partial charge on any atom is 0.441 e. The summed E-state index contributed by atoms with van der Waals surface area (Å²) in [5.74, 6) is -0.607. The molecule has 3 N–H and O–H groups in total. The number of ether oxygens (including phenoxy) is 1. The molecule has 17 heavy (non-hydrogen) atoms. The number of nitrogens with two attached hydrogens (primary N) is 1. The largest absolute Gasteiger partial charge is 0.443 e. The molecule has 6 heteroatoms. The van der Waals surface area contributed by atoms with Crippen molar-refractivity contribution < 1.29 is 19.2 Å². The van der Waals surface area contributed by atoms with Gasteiger partial charge < -0.3 is 15.3 Å². The molecule has 0 aliphatic rings. The third-order valence-electron chi connectivity index (χ3n) is 1.81. The number of nitrogens with one attached hydrogen (secondary N) is 1. The van der Waals surface area contributed by atoms with E-state index in [1.165, 1.54) is 0 Å². The molecule has 0 radical (unpaired) electrons. The molecular weight excluding hydrogens is 224 g/mol. The minimum absolute atomic E-state index is 0.0406. The van der Waals surface area contributed by atoms with Crippen LogP contribution in [0.4, 0.5) is 4.79 Å². The first-order valence-electron chi connectivity index (χ1n) is 5.09. The van der Waals surface area contributed by atoms with Crippen LogP contribution < -0.4 is 11.2 Å². The van der Waals surface area contributed by atoms with Crippen LogP contribution in [0.2, 0.25) is 0 Å². The van der Waals surface area contributed by atoms with Gasteiger partial charge in [-0.2, -0.15) is 0 Å². The van der Waals surface area contributed by atoms with Crippen LogP contribution in [0.1, 0.15) is 12.0 Å². The fourth-order valence-corrected chi connectivity index (χ4v) is 1.02. The molecule has 1 amide bonds. The van der Waals surface area contributed by atoms with Crippen LogP contribution in [0.3, 0.4) is 0 Å². The summed E-state index contributed by atoms with van der Waals surface area (Å²) in [5, 5.41) is 0.